The van der Waals surface area contributed by atoms with Gasteiger partial charge in [0, 0.05) is 34.3 Å². The maximum Gasteiger partial charge on any atom is 0.287 e. The molecule has 0 aliphatic carbocycles. The zero-order chi connectivity index (χ0) is 16.2. The van der Waals surface area contributed by atoms with Gasteiger partial charge in [0.25, 0.3) is 5.91 Å². The van der Waals surface area contributed by atoms with E-state index in [1.165, 1.54) is 0 Å². The van der Waals surface area contributed by atoms with Gasteiger partial charge in [-0.05, 0) is 13.0 Å². The quantitative estimate of drug-likeness (QED) is 0.532. The number of amides is 1. The highest BCUT2D eigenvalue weighted by atomic mass is 32.2. The fraction of sp³-hybridized carbons (Fsp3) is 0.176. The summed E-state index contributed by atoms with van der Waals surface area (Å²) in [5.74, 6) is 0.793. The Balaban J connectivity index is 1.91. The number of aryl methyl sites for hydroxylation is 1. The van der Waals surface area contributed by atoms with E-state index < -0.39 is 0 Å². The van der Waals surface area contributed by atoms with Crippen molar-refractivity contribution >= 4 is 40.0 Å². The van der Waals surface area contributed by atoms with Crippen molar-refractivity contribution in [3.05, 3.63) is 59.3 Å². The van der Waals surface area contributed by atoms with E-state index in [1.54, 1.807) is 29.2 Å². The molecule has 0 aliphatic heterocycles. The maximum atomic E-state index is 12.3. The van der Waals surface area contributed by atoms with E-state index >= 15 is 0 Å². The van der Waals surface area contributed by atoms with Crippen LogP contribution in [0.25, 0.3) is 11.0 Å². The molecule has 0 spiro atoms. The topological polar surface area (TPSA) is 55.1 Å². The van der Waals surface area contributed by atoms with E-state index in [0.29, 0.717) is 18.1 Å². The molecule has 118 valence electrons. The lowest BCUT2D eigenvalue weighted by Gasteiger charge is -2.02. The normalized spacial score (nSPS) is 10.8. The lowest BCUT2D eigenvalue weighted by Crippen LogP contribution is -2.23. The molecule has 4 nitrogen and oxygen atoms in total. The summed E-state index contributed by atoms with van der Waals surface area (Å²) in [5, 5.41) is 5.77. The second-order valence-electron chi connectivity index (χ2n) is 4.95. The summed E-state index contributed by atoms with van der Waals surface area (Å²) in [7, 11) is 0. The Morgan fingerprint density at radius 1 is 1.48 bits per heavy atom. The van der Waals surface area contributed by atoms with Crippen molar-refractivity contribution in [2.24, 2.45) is 0 Å². The molecule has 3 rings (SSSR count). The standard InChI is InChI=1S/C17H16N2O2S2/c1-3-8-18-16(20)15-13(10-23-17-19-11(2)9-22-17)12-6-4-5-7-14(12)21-15/h3-7,9H,1,8,10H2,2H3,(H,18,20). The minimum absolute atomic E-state index is 0.216. The number of aromatic nitrogens is 1. The van der Waals surface area contributed by atoms with Crippen LogP contribution in [0.15, 0.2) is 51.1 Å². The number of thiazole rings is 1. The molecule has 0 atom stereocenters. The van der Waals surface area contributed by atoms with E-state index in [2.05, 4.69) is 16.9 Å². The second kappa shape index (κ2) is 7.02. The Hall–Kier alpha value is -2.05. The summed E-state index contributed by atoms with van der Waals surface area (Å²) < 4.78 is 6.77. The fourth-order valence-corrected chi connectivity index (χ4v) is 4.08. The van der Waals surface area contributed by atoms with Gasteiger partial charge in [-0.15, -0.1) is 17.9 Å². The van der Waals surface area contributed by atoms with Gasteiger partial charge >= 0.3 is 0 Å². The van der Waals surface area contributed by atoms with Crippen molar-refractivity contribution in [3.63, 3.8) is 0 Å². The van der Waals surface area contributed by atoms with Crippen LogP contribution in [-0.2, 0) is 5.75 Å². The van der Waals surface area contributed by atoms with Crippen molar-refractivity contribution < 1.29 is 9.21 Å². The molecular weight excluding hydrogens is 328 g/mol. The van der Waals surface area contributed by atoms with Crippen LogP contribution < -0.4 is 5.32 Å². The highest BCUT2D eigenvalue weighted by molar-refractivity contribution is 8.00. The SMILES string of the molecule is C=CCNC(=O)c1oc2ccccc2c1CSc1nc(C)cs1. The third-order valence-corrected chi connectivity index (χ3v) is 5.41. The van der Waals surface area contributed by atoms with Gasteiger partial charge in [0.1, 0.15) is 9.92 Å². The number of hydrogen-bond donors (Lipinski definition) is 1. The maximum absolute atomic E-state index is 12.3. The Kier molecular flexibility index (Phi) is 4.83. The minimum Gasteiger partial charge on any atom is -0.451 e. The van der Waals surface area contributed by atoms with Gasteiger partial charge in [0.15, 0.2) is 5.76 Å². The number of thioether (sulfide) groups is 1. The molecule has 0 aliphatic rings. The molecule has 1 aromatic carbocycles. The van der Waals surface area contributed by atoms with Crippen LogP contribution >= 0.6 is 23.1 Å². The van der Waals surface area contributed by atoms with E-state index in [-0.39, 0.29) is 5.91 Å². The number of rotatable bonds is 6. The predicted octanol–water partition coefficient (Wildman–Crippen LogP) is 4.41. The van der Waals surface area contributed by atoms with Crippen molar-refractivity contribution in [3.8, 4) is 0 Å². The molecule has 0 unspecified atom stereocenters. The molecular formula is C17H16N2O2S2. The molecule has 0 saturated carbocycles. The number of carbonyl (C=O) groups excluding carboxylic acids is 1. The van der Waals surface area contributed by atoms with Crippen molar-refractivity contribution in [2.45, 2.75) is 17.0 Å². The van der Waals surface area contributed by atoms with Crippen LogP contribution in [0.2, 0.25) is 0 Å². The molecule has 0 fully saturated rings. The third-order valence-electron chi connectivity index (χ3n) is 3.25. The van der Waals surface area contributed by atoms with E-state index in [1.807, 2.05) is 36.6 Å². The first kappa shape index (κ1) is 15.8. The molecule has 2 heterocycles. The summed E-state index contributed by atoms with van der Waals surface area (Å²) in [6, 6.07) is 7.71. The molecule has 23 heavy (non-hydrogen) atoms. The van der Waals surface area contributed by atoms with Gasteiger partial charge < -0.3 is 9.73 Å². The molecule has 6 heteroatoms. The number of furan rings is 1. The zero-order valence-electron chi connectivity index (χ0n) is 12.7. The number of benzene rings is 1. The molecule has 0 bridgehead atoms. The number of nitrogens with one attached hydrogen (secondary N) is 1. The highest BCUT2D eigenvalue weighted by Crippen LogP contribution is 2.33. The number of carbonyl (C=O) groups is 1. The first-order chi connectivity index (χ1) is 11.2. The van der Waals surface area contributed by atoms with Crippen LogP contribution in [0.3, 0.4) is 0 Å². The first-order valence-corrected chi connectivity index (χ1v) is 9.00. The Morgan fingerprint density at radius 2 is 2.30 bits per heavy atom. The Labute approximate surface area is 142 Å². The summed E-state index contributed by atoms with van der Waals surface area (Å²) >= 11 is 3.23. The number of para-hydroxylation sites is 1. The summed E-state index contributed by atoms with van der Waals surface area (Å²) in [4.78, 5) is 16.8. The van der Waals surface area contributed by atoms with E-state index in [9.17, 15) is 4.79 Å². The second-order valence-corrected chi connectivity index (χ2v) is 7.03. The van der Waals surface area contributed by atoms with Crippen LogP contribution in [0, 0.1) is 6.92 Å². The van der Waals surface area contributed by atoms with Gasteiger partial charge in [-0.1, -0.05) is 36.0 Å². The molecule has 0 saturated heterocycles. The summed E-state index contributed by atoms with van der Waals surface area (Å²) in [6.45, 7) is 6.00. The van der Waals surface area contributed by atoms with Crippen LogP contribution in [-0.4, -0.2) is 17.4 Å². The average molecular weight is 344 g/mol. The Morgan fingerprint density at radius 3 is 3.04 bits per heavy atom. The van der Waals surface area contributed by atoms with Crippen LogP contribution in [0.5, 0.6) is 0 Å². The smallest absolute Gasteiger partial charge is 0.287 e. The van der Waals surface area contributed by atoms with Crippen molar-refractivity contribution in [1.29, 1.82) is 0 Å². The highest BCUT2D eigenvalue weighted by Gasteiger charge is 2.20. The van der Waals surface area contributed by atoms with Crippen LogP contribution in [0.4, 0.5) is 0 Å². The minimum atomic E-state index is -0.216. The fourth-order valence-electron chi connectivity index (χ4n) is 2.20. The Bertz CT molecular complexity index is 851. The molecule has 3 aromatic rings. The zero-order valence-corrected chi connectivity index (χ0v) is 14.3. The lowest BCUT2D eigenvalue weighted by atomic mass is 10.1. The monoisotopic (exact) mass is 344 g/mol. The average Bonchev–Trinajstić information content (AvgIpc) is 3.14. The van der Waals surface area contributed by atoms with Gasteiger partial charge in [0.05, 0.1) is 0 Å². The van der Waals surface area contributed by atoms with Crippen molar-refractivity contribution in [2.75, 3.05) is 6.54 Å². The summed E-state index contributed by atoms with van der Waals surface area (Å²) in [6.07, 6.45) is 1.65. The van der Waals surface area contributed by atoms with E-state index in [0.717, 1.165) is 26.6 Å². The molecule has 0 radical (unpaired) electrons. The molecule has 2 aromatic heterocycles. The van der Waals surface area contributed by atoms with Gasteiger partial charge in [0.2, 0.25) is 0 Å². The van der Waals surface area contributed by atoms with Crippen LogP contribution in [0.1, 0.15) is 21.8 Å². The largest absolute Gasteiger partial charge is 0.451 e. The predicted molar refractivity (Wildman–Crippen MR) is 95.2 cm³/mol. The van der Waals surface area contributed by atoms with E-state index in [4.69, 9.17) is 4.42 Å². The number of fused-ring (bicyclic) bond motifs is 1. The first-order valence-electron chi connectivity index (χ1n) is 7.13. The molecule has 1 N–H and O–H groups in total. The van der Waals surface area contributed by atoms with Crippen molar-refractivity contribution in [1.82, 2.24) is 10.3 Å². The molecule has 1 amide bonds. The summed E-state index contributed by atoms with van der Waals surface area (Å²) in [5.41, 5.74) is 2.64. The lowest BCUT2D eigenvalue weighted by molar-refractivity contribution is 0.0931. The van der Waals surface area contributed by atoms with Gasteiger partial charge in [-0.25, -0.2) is 4.98 Å². The number of nitrogens with zero attached hydrogens (tertiary/aromatic N) is 1. The van der Waals surface area contributed by atoms with Gasteiger partial charge in [-0.2, -0.15) is 0 Å². The number of hydrogen-bond acceptors (Lipinski definition) is 5. The third kappa shape index (κ3) is 3.48. The van der Waals surface area contributed by atoms with Gasteiger partial charge in [-0.3, -0.25) is 4.79 Å².